The second kappa shape index (κ2) is 7.17. The summed E-state index contributed by atoms with van der Waals surface area (Å²) in [5, 5.41) is 4.11. The highest BCUT2D eigenvalue weighted by atomic mass is 32.2. The second-order valence-corrected chi connectivity index (χ2v) is 5.77. The fourth-order valence-electron chi connectivity index (χ4n) is 2.03. The summed E-state index contributed by atoms with van der Waals surface area (Å²) in [7, 11) is 0. The van der Waals surface area contributed by atoms with Crippen molar-refractivity contribution >= 4 is 17.7 Å². The molecule has 0 unspecified atom stereocenters. The Kier molecular flexibility index (Phi) is 6.21. The zero-order chi connectivity index (χ0) is 12.0. The fraction of sp³-hybridized carbons (Fsp3) is 0.917. The molecule has 1 rings (SSSR count). The van der Waals surface area contributed by atoms with E-state index in [2.05, 4.69) is 11.6 Å². The normalized spacial score (nSPS) is 25.8. The number of rotatable bonds is 5. The van der Waals surface area contributed by atoms with Crippen LogP contribution in [0.15, 0.2) is 0 Å². The first-order valence-electron chi connectivity index (χ1n) is 6.07. The molecule has 0 amide bonds. The fourth-order valence-corrected chi connectivity index (χ4v) is 2.78. The molecule has 0 atom stereocenters. The number of nitrogens with one attached hydrogen (secondary N) is 1. The van der Waals surface area contributed by atoms with E-state index in [1.165, 1.54) is 25.7 Å². The molecular weight excluding hydrogens is 222 g/mol. The number of carbonyl (C=O) groups excluding carboxylic acids is 1. The summed E-state index contributed by atoms with van der Waals surface area (Å²) in [5.41, 5.74) is 0. The van der Waals surface area contributed by atoms with Gasteiger partial charge in [-0.3, -0.25) is 4.79 Å². The quantitative estimate of drug-likeness (QED) is 0.754. The highest BCUT2D eigenvalue weighted by Crippen LogP contribution is 2.26. The van der Waals surface area contributed by atoms with Gasteiger partial charge in [0.1, 0.15) is 0 Å². The Balaban J connectivity index is 2.12. The maximum Gasteiger partial charge on any atom is 0.320 e. The molecule has 1 aliphatic rings. The van der Waals surface area contributed by atoms with Crippen molar-refractivity contribution < 1.29 is 9.53 Å². The van der Waals surface area contributed by atoms with Crippen LogP contribution in [0.5, 0.6) is 0 Å². The minimum absolute atomic E-state index is 0.0125. The van der Waals surface area contributed by atoms with Gasteiger partial charge in [-0.1, -0.05) is 0 Å². The molecule has 0 aromatic heterocycles. The van der Waals surface area contributed by atoms with Crippen molar-refractivity contribution in [2.75, 3.05) is 12.8 Å². The number of esters is 1. The molecule has 0 heterocycles. The zero-order valence-electron chi connectivity index (χ0n) is 10.5. The van der Waals surface area contributed by atoms with Gasteiger partial charge in [-0.25, -0.2) is 0 Å². The first-order chi connectivity index (χ1) is 7.61. The van der Waals surface area contributed by atoms with Gasteiger partial charge < -0.3 is 10.1 Å². The van der Waals surface area contributed by atoms with Gasteiger partial charge in [-0.2, -0.15) is 11.8 Å². The predicted molar refractivity (Wildman–Crippen MR) is 68.8 cm³/mol. The first kappa shape index (κ1) is 13.8. The lowest BCUT2D eigenvalue weighted by atomic mass is 9.95. The van der Waals surface area contributed by atoms with E-state index in [-0.39, 0.29) is 12.1 Å². The van der Waals surface area contributed by atoms with Crippen LogP contribution >= 0.6 is 11.8 Å². The molecule has 4 heteroatoms. The van der Waals surface area contributed by atoms with Crippen molar-refractivity contribution in [1.82, 2.24) is 5.32 Å². The van der Waals surface area contributed by atoms with E-state index in [0.29, 0.717) is 12.6 Å². The van der Waals surface area contributed by atoms with Gasteiger partial charge in [0.15, 0.2) is 0 Å². The number of hydrogen-bond donors (Lipinski definition) is 1. The van der Waals surface area contributed by atoms with Gasteiger partial charge in [0.25, 0.3) is 0 Å². The molecule has 0 aromatic rings. The number of carbonyl (C=O) groups is 1. The van der Waals surface area contributed by atoms with Crippen molar-refractivity contribution in [1.29, 1.82) is 0 Å². The molecule has 1 saturated carbocycles. The zero-order valence-corrected chi connectivity index (χ0v) is 11.3. The summed E-state index contributed by atoms with van der Waals surface area (Å²) < 4.78 is 5.08. The molecule has 1 aliphatic carbocycles. The lowest BCUT2D eigenvalue weighted by molar-refractivity contribution is -0.146. The molecule has 94 valence electrons. The Bertz CT molecular complexity index is 213. The molecule has 0 radical (unpaired) electrons. The van der Waals surface area contributed by atoms with Crippen LogP contribution in [-0.4, -0.2) is 36.2 Å². The topological polar surface area (TPSA) is 38.3 Å². The monoisotopic (exact) mass is 245 g/mol. The maximum atomic E-state index is 11.3. The van der Waals surface area contributed by atoms with E-state index in [0.717, 1.165) is 5.25 Å². The highest BCUT2D eigenvalue weighted by molar-refractivity contribution is 7.99. The van der Waals surface area contributed by atoms with Crippen molar-refractivity contribution in [3.63, 3.8) is 0 Å². The van der Waals surface area contributed by atoms with Crippen LogP contribution in [0.4, 0.5) is 0 Å². The molecule has 0 aliphatic heterocycles. The Morgan fingerprint density at radius 1 is 1.38 bits per heavy atom. The first-order valence-corrected chi connectivity index (χ1v) is 7.36. The van der Waals surface area contributed by atoms with Crippen molar-refractivity contribution in [3.8, 4) is 0 Å². The van der Waals surface area contributed by atoms with Crippen LogP contribution in [0, 0.1) is 0 Å². The molecular formula is C12H23NO2S. The summed E-state index contributed by atoms with van der Waals surface area (Å²) in [5.74, 6) is -0.137. The van der Waals surface area contributed by atoms with Gasteiger partial charge in [0.05, 0.1) is 12.6 Å². The molecule has 0 aromatic carbocycles. The number of hydrogen-bond acceptors (Lipinski definition) is 4. The molecule has 3 nitrogen and oxygen atoms in total. The third kappa shape index (κ3) is 5.21. The predicted octanol–water partition coefficient (Wildman–Crippen LogP) is 2.20. The highest BCUT2D eigenvalue weighted by Gasteiger charge is 2.20. The Morgan fingerprint density at radius 2 is 2.00 bits per heavy atom. The van der Waals surface area contributed by atoms with Crippen LogP contribution in [-0.2, 0) is 9.53 Å². The van der Waals surface area contributed by atoms with E-state index < -0.39 is 0 Å². The molecule has 16 heavy (non-hydrogen) atoms. The summed E-state index contributed by atoms with van der Waals surface area (Å²) in [6, 6.07) is 0.503. The SMILES string of the molecule is CSC1CCC(NCC(=O)OC(C)C)CC1. The van der Waals surface area contributed by atoms with Gasteiger partial charge in [-0.05, 0) is 45.8 Å². The van der Waals surface area contributed by atoms with E-state index in [1.54, 1.807) is 0 Å². The molecule has 1 fully saturated rings. The largest absolute Gasteiger partial charge is 0.462 e. The van der Waals surface area contributed by atoms with E-state index in [1.807, 2.05) is 25.6 Å². The Morgan fingerprint density at radius 3 is 2.50 bits per heavy atom. The van der Waals surface area contributed by atoms with Gasteiger partial charge in [0.2, 0.25) is 0 Å². The molecule has 0 saturated heterocycles. The average molecular weight is 245 g/mol. The van der Waals surface area contributed by atoms with Crippen LogP contribution in [0.1, 0.15) is 39.5 Å². The second-order valence-electron chi connectivity index (χ2n) is 4.63. The van der Waals surface area contributed by atoms with Gasteiger partial charge >= 0.3 is 5.97 Å². The minimum atomic E-state index is -0.137. The van der Waals surface area contributed by atoms with Crippen LogP contribution in [0.25, 0.3) is 0 Å². The Labute approximate surface area is 103 Å². The Hall–Kier alpha value is -0.220. The van der Waals surface area contributed by atoms with Gasteiger partial charge in [-0.15, -0.1) is 0 Å². The lowest BCUT2D eigenvalue weighted by Gasteiger charge is -2.27. The molecule has 0 spiro atoms. The van der Waals surface area contributed by atoms with Gasteiger partial charge in [0, 0.05) is 11.3 Å². The maximum absolute atomic E-state index is 11.3. The van der Waals surface area contributed by atoms with Crippen molar-refractivity contribution in [2.45, 2.75) is 56.9 Å². The van der Waals surface area contributed by atoms with E-state index in [4.69, 9.17) is 4.74 Å². The van der Waals surface area contributed by atoms with Crippen molar-refractivity contribution in [2.24, 2.45) is 0 Å². The lowest BCUT2D eigenvalue weighted by Crippen LogP contribution is -2.38. The average Bonchev–Trinajstić information content (AvgIpc) is 2.26. The third-order valence-electron chi connectivity index (χ3n) is 2.91. The van der Waals surface area contributed by atoms with Crippen LogP contribution < -0.4 is 5.32 Å². The summed E-state index contributed by atoms with van der Waals surface area (Å²) >= 11 is 1.96. The number of thioether (sulfide) groups is 1. The standard InChI is InChI=1S/C12H23NO2S/c1-9(2)15-12(14)8-13-10-4-6-11(16-3)7-5-10/h9-11,13H,4-8H2,1-3H3. The minimum Gasteiger partial charge on any atom is -0.462 e. The molecule has 0 bridgehead atoms. The van der Waals surface area contributed by atoms with E-state index >= 15 is 0 Å². The smallest absolute Gasteiger partial charge is 0.320 e. The summed E-state index contributed by atoms with van der Waals surface area (Å²) in [4.78, 5) is 11.3. The summed E-state index contributed by atoms with van der Waals surface area (Å²) in [6.07, 6.45) is 7.05. The van der Waals surface area contributed by atoms with E-state index in [9.17, 15) is 4.79 Å². The third-order valence-corrected chi connectivity index (χ3v) is 4.05. The molecule has 1 N–H and O–H groups in total. The number of ether oxygens (including phenoxy) is 1. The van der Waals surface area contributed by atoms with Crippen LogP contribution in [0.2, 0.25) is 0 Å². The van der Waals surface area contributed by atoms with Crippen LogP contribution in [0.3, 0.4) is 0 Å². The summed E-state index contributed by atoms with van der Waals surface area (Å²) in [6.45, 7) is 4.11. The van der Waals surface area contributed by atoms with Crippen molar-refractivity contribution in [3.05, 3.63) is 0 Å².